The Balaban J connectivity index is 2.47. The van der Waals surface area contributed by atoms with Gasteiger partial charge in [0.05, 0.1) is 0 Å². The predicted molar refractivity (Wildman–Crippen MR) is 75.0 cm³/mol. The summed E-state index contributed by atoms with van der Waals surface area (Å²) in [5.74, 6) is 0. The average molecular weight is 314 g/mol. The van der Waals surface area contributed by atoms with Gasteiger partial charge in [0.15, 0.2) is 0 Å². The number of aryl methyl sites for hydroxylation is 4. The summed E-state index contributed by atoms with van der Waals surface area (Å²) in [7, 11) is 0. The van der Waals surface area contributed by atoms with E-state index in [0.717, 1.165) is 0 Å². The van der Waals surface area contributed by atoms with E-state index in [1.807, 2.05) is 0 Å². The Morgan fingerprint density at radius 3 is 1.17 bits per heavy atom. The summed E-state index contributed by atoms with van der Waals surface area (Å²) in [6.45, 7) is 8.67. The molecule has 2 aromatic carbocycles. The normalized spacial score (nSPS) is 10.6. The van der Waals surface area contributed by atoms with Crippen LogP contribution in [0.3, 0.4) is 0 Å². The summed E-state index contributed by atoms with van der Waals surface area (Å²) in [6, 6.07) is 13.6. The van der Waals surface area contributed by atoms with Gasteiger partial charge in [-0.05, 0) is 0 Å². The Morgan fingerprint density at radius 2 is 0.889 bits per heavy atom. The van der Waals surface area contributed by atoms with Crippen molar-refractivity contribution in [3.8, 4) is 0 Å². The fraction of sp³-hybridized carbons (Fsp3) is 0.235. The maximum atomic E-state index is 2.29. The van der Waals surface area contributed by atoms with Crippen molar-refractivity contribution in [2.24, 2.45) is 0 Å². The Kier molecular flexibility index (Phi) is 4.12. The van der Waals surface area contributed by atoms with Crippen LogP contribution < -0.4 is 0 Å². The zero-order chi connectivity index (χ0) is 13.3. The minimum atomic E-state index is 1.34. The van der Waals surface area contributed by atoms with Crippen LogP contribution in [-0.2, 0) is 24.2 Å². The summed E-state index contributed by atoms with van der Waals surface area (Å²) in [4.78, 5) is 0. The van der Waals surface area contributed by atoms with Gasteiger partial charge in [0.1, 0.15) is 0 Å². The molecular weight excluding hydrogens is 295 g/mol. The molecular formula is C17H18Zr+2. The van der Waals surface area contributed by atoms with E-state index in [-0.39, 0.29) is 0 Å². The molecule has 0 saturated heterocycles. The van der Waals surface area contributed by atoms with Gasteiger partial charge in [0, 0.05) is 0 Å². The van der Waals surface area contributed by atoms with E-state index < -0.39 is 0 Å². The van der Waals surface area contributed by atoms with Gasteiger partial charge in [-0.2, -0.15) is 0 Å². The van der Waals surface area contributed by atoms with Crippen molar-refractivity contribution in [1.29, 1.82) is 0 Å². The molecule has 0 radical (unpaired) electrons. The zero-order valence-corrected chi connectivity index (χ0v) is 13.9. The van der Waals surface area contributed by atoms with Crippen LogP contribution in [0.4, 0.5) is 0 Å². The Labute approximate surface area is 124 Å². The minimum absolute atomic E-state index is 1.34. The zero-order valence-electron chi connectivity index (χ0n) is 11.5. The van der Waals surface area contributed by atoms with Gasteiger partial charge < -0.3 is 0 Å². The molecule has 0 N–H and O–H groups in total. The van der Waals surface area contributed by atoms with E-state index in [2.05, 4.69) is 64.1 Å². The van der Waals surface area contributed by atoms with Gasteiger partial charge in [0.2, 0.25) is 0 Å². The van der Waals surface area contributed by atoms with E-state index in [4.69, 9.17) is 0 Å². The number of rotatable bonds is 2. The van der Waals surface area contributed by atoms with E-state index in [9.17, 15) is 0 Å². The third kappa shape index (κ3) is 3.15. The fourth-order valence-electron chi connectivity index (χ4n) is 2.40. The molecule has 0 amide bonds. The van der Waals surface area contributed by atoms with Crippen molar-refractivity contribution in [2.75, 3.05) is 0 Å². The molecule has 88 valence electrons. The summed E-state index contributed by atoms with van der Waals surface area (Å²) < 4.78 is 1.45. The second kappa shape index (κ2) is 5.45. The SMILES string of the molecule is Cc1cc(C)cc([C](=[Zr+2])c2cc(C)cc(C)c2)c1. The van der Waals surface area contributed by atoms with Crippen LogP contribution >= 0.6 is 0 Å². The molecule has 0 heterocycles. The van der Waals surface area contributed by atoms with Crippen molar-refractivity contribution >= 4 is 3.21 Å². The molecule has 0 unspecified atom stereocenters. The summed E-state index contributed by atoms with van der Waals surface area (Å²) in [6.07, 6.45) is 0. The molecule has 0 bridgehead atoms. The van der Waals surface area contributed by atoms with Gasteiger partial charge in [0.25, 0.3) is 0 Å². The molecule has 0 atom stereocenters. The molecule has 2 aromatic rings. The molecule has 0 aliphatic heterocycles. The van der Waals surface area contributed by atoms with Crippen LogP contribution in [0.1, 0.15) is 33.4 Å². The first-order chi connectivity index (χ1) is 8.45. The van der Waals surface area contributed by atoms with Crippen LogP contribution in [0.5, 0.6) is 0 Å². The molecule has 0 aromatic heterocycles. The van der Waals surface area contributed by atoms with Crippen molar-refractivity contribution in [3.63, 3.8) is 0 Å². The van der Waals surface area contributed by atoms with E-state index in [1.165, 1.54) is 60.8 Å². The van der Waals surface area contributed by atoms with E-state index in [1.54, 1.807) is 0 Å². The monoisotopic (exact) mass is 312 g/mol. The second-order valence-electron chi connectivity index (χ2n) is 5.13. The summed E-state index contributed by atoms with van der Waals surface area (Å²) in [5, 5.41) is 0. The molecule has 0 nitrogen and oxygen atoms in total. The van der Waals surface area contributed by atoms with Gasteiger partial charge >= 0.3 is 125 Å². The van der Waals surface area contributed by atoms with E-state index in [0.29, 0.717) is 0 Å². The number of hydrogen-bond donors (Lipinski definition) is 0. The first-order valence-corrected chi connectivity index (χ1v) is 7.44. The maximum absolute atomic E-state index is 2.29. The number of hydrogen-bond acceptors (Lipinski definition) is 0. The third-order valence-electron chi connectivity index (χ3n) is 3.02. The van der Waals surface area contributed by atoms with Crippen molar-refractivity contribution in [3.05, 3.63) is 69.8 Å². The summed E-state index contributed by atoms with van der Waals surface area (Å²) >= 11 is 1.47. The van der Waals surface area contributed by atoms with Crippen LogP contribution in [0.2, 0.25) is 0 Å². The second-order valence-corrected chi connectivity index (χ2v) is 6.36. The fourth-order valence-corrected chi connectivity index (χ4v) is 3.11. The molecule has 18 heavy (non-hydrogen) atoms. The predicted octanol–water partition coefficient (Wildman–Crippen LogP) is 4.04. The van der Waals surface area contributed by atoms with E-state index >= 15 is 0 Å². The van der Waals surface area contributed by atoms with Gasteiger partial charge in [-0.1, -0.05) is 0 Å². The standard InChI is InChI=1S/C17H18.Zr/c1-12-5-13(2)8-16(7-12)11-17-9-14(3)6-15(4)10-17;/h5-10H,1-4H3;/q;+2. The molecule has 0 spiro atoms. The number of benzene rings is 2. The Morgan fingerprint density at radius 1 is 0.611 bits per heavy atom. The van der Waals surface area contributed by atoms with Crippen LogP contribution in [0, 0.1) is 27.7 Å². The van der Waals surface area contributed by atoms with Crippen LogP contribution in [0.15, 0.2) is 36.4 Å². The quantitative estimate of drug-likeness (QED) is 0.785. The van der Waals surface area contributed by atoms with Gasteiger partial charge in [-0.3, -0.25) is 0 Å². The Bertz CT molecular complexity index is 515. The molecule has 0 aliphatic carbocycles. The van der Waals surface area contributed by atoms with Gasteiger partial charge in [-0.15, -0.1) is 0 Å². The average Bonchev–Trinajstić information content (AvgIpc) is 2.25. The van der Waals surface area contributed by atoms with Crippen molar-refractivity contribution < 1.29 is 24.2 Å². The molecule has 0 saturated carbocycles. The van der Waals surface area contributed by atoms with Crippen molar-refractivity contribution in [1.82, 2.24) is 0 Å². The first kappa shape index (κ1) is 13.6. The van der Waals surface area contributed by atoms with Crippen molar-refractivity contribution in [2.45, 2.75) is 27.7 Å². The molecule has 1 heteroatoms. The van der Waals surface area contributed by atoms with Crippen LogP contribution in [0.25, 0.3) is 0 Å². The molecule has 0 aliphatic rings. The molecule has 2 rings (SSSR count). The summed E-state index contributed by atoms with van der Waals surface area (Å²) in [5.41, 5.74) is 8.11. The van der Waals surface area contributed by atoms with Crippen LogP contribution in [-0.4, -0.2) is 3.21 Å². The third-order valence-corrected chi connectivity index (χ3v) is 4.44. The topological polar surface area (TPSA) is 0 Å². The molecule has 0 fully saturated rings. The van der Waals surface area contributed by atoms with Gasteiger partial charge in [-0.25, -0.2) is 0 Å². The Hall–Kier alpha value is -0.807. The first-order valence-electron chi connectivity index (χ1n) is 6.21.